The molecule has 5 aliphatic heterocycles. The molecule has 0 aliphatic carbocycles. The largest absolute Gasteiger partial charge is 0.505 e. The van der Waals surface area contributed by atoms with Gasteiger partial charge in [-0.2, -0.15) is 0 Å². The minimum atomic E-state index is -0.701. The molecule has 10 heterocycles. The fourth-order valence-electron chi connectivity index (χ4n) is 11.5. The summed E-state index contributed by atoms with van der Waals surface area (Å²) in [5, 5.41) is 37.5. The predicted octanol–water partition coefficient (Wildman–Crippen LogP) is 8.82. The minimum absolute atomic E-state index is 0.0402. The van der Waals surface area contributed by atoms with Gasteiger partial charge in [0.2, 0.25) is 5.75 Å². The lowest BCUT2D eigenvalue weighted by atomic mass is 10.1. The summed E-state index contributed by atoms with van der Waals surface area (Å²) in [6.45, 7) is 20.5. The minimum Gasteiger partial charge on any atom is -0.505 e. The Morgan fingerprint density at radius 2 is 0.784 bits per heavy atom. The molecule has 4 aromatic carbocycles. The normalized spacial score (nSPS) is 15.6. The standard InChI is InChI=1S/C16H16N4O4.C16H18N4O2.C16H19N3.C11H16N2.C9H13N3.C5H4BrN/c21-15-13(2-1-3-14(15)20(23)24)16(22)19-10-8-18(9-11-19)12-4-6-17-7-5-12;17-14-3-1-2-13(15(14)21)16(22)20-10-8-19(9-11-20)12-4-6-18-7-5-12;1-2-4-15(5-3-1)14-18-10-12-19(13-11-18)16-6-8-17-9-7-16;1-2-4-11(5-3-1)10-13-8-6-12-7-9-13;1-3-10-4-2-9(1)12-7-5-11-6-8-12;6-5-3-1-2-4-7-5/h1-7,21H,8-11H2;1-7,21H,8-11,17H2;1-9H,10-14H2;1-5,12H,6-10H2;1-4,11H,5-8H2;1-4H. The molecule has 23 nitrogen and oxygen atoms in total. The van der Waals surface area contributed by atoms with Gasteiger partial charge in [-0.05, 0) is 106 Å². The van der Waals surface area contributed by atoms with Crippen LogP contribution in [0.4, 0.5) is 34.1 Å². The van der Waals surface area contributed by atoms with E-state index in [0.29, 0.717) is 39.3 Å². The number of pyridine rings is 5. The number of benzene rings is 4. The molecule has 2 amide bonds. The number of hydrogen-bond acceptors (Lipinski definition) is 20. The van der Waals surface area contributed by atoms with Crippen molar-refractivity contribution in [2.75, 3.05) is 156 Å². The number of anilines is 5. The number of para-hydroxylation sites is 2. The number of amides is 2. The van der Waals surface area contributed by atoms with E-state index < -0.39 is 22.3 Å². The van der Waals surface area contributed by atoms with E-state index in [2.05, 4.69) is 166 Å². The summed E-state index contributed by atoms with van der Waals surface area (Å²) in [6, 6.07) is 52.0. The second-order valence-corrected chi connectivity index (χ2v) is 24.0. The van der Waals surface area contributed by atoms with Crippen LogP contribution >= 0.6 is 15.9 Å². The Kier molecular flexibility index (Phi) is 28.2. The molecule has 0 spiro atoms. The number of nitrogen functional groups attached to an aromatic ring is 1. The van der Waals surface area contributed by atoms with Crippen LogP contribution in [0.25, 0.3) is 0 Å². The summed E-state index contributed by atoms with van der Waals surface area (Å²) < 4.78 is 0.884. The van der Waals surface area contributed by atoms with E-state index in [-0.39, 0.29) is 28.5 Å². The van der Waals surface area contributed by atoms with Gasteiger partial charge in [0.25, 0.3) is 11.8 Å². The summed E-state index contributed by atoms with van der Waals surface area (Å²) in [6.07, 6.45) is 16.1. The van der Waals surface area contributed by atoms with E-state index in [9.17, 15) is 29.9 Å². The van der Waals surface area contributed by atoms with E-state index in [1.807, 2.05) is 67.3 Å². The van der Waals surface area contributed by atoms with Crippen molar-refractivity contribution in [2.45, 2.75) is 13.1 Å². The number of phenolic OH excluding ortho intramolecular Hbond substituents is 2. The van der Waals surface area contributed by atoms with E-state index in [1.54, 1.807) is 59.0 Å². The molecular formula is C73H86BrN17O6. The van der Waals surface area contributed by atoms with Crippen LogP contribution in [0.3, 0.4) is 0 Å². The van der Waals surface area contributed by atoms with Crippen molar-refractivity contribution < 1.29 is 24.7 Å². The Bertz CT molecular complexity index is 3740. The van der Waals surface area contributed by atoms with Gasteiger partial charge in [0, 0.05) is 229 Å². The predicted molar refractivity (Wildman–Crippen MR) is 386 cm³/mol. The molecule has 0 unspecified atom stereocenters. The third-order valence-electron chi connectivity index (χ3n) is 16.8. The highest BCUT2D eigenvalue weighted by Crippen LogP contribution is 2.31. The molecule has 5 aromatic heterocycles. The van der Waals surface area contributed by atoms with Crippen molar-refractivity contribution in [3.05, 3.63) is 257 Å². The maximum atomic E-state index is 12.6. The molecule has 5 saturated heterocycles. The van der Waals surface area contributed by atoms with Crippen molar-refractivity contribution in [1.82, 2.24) is 55.2 Å². The lowest BCUT2D eigenvalue weighted by Crippen LogP contribution is -2.48. The van der Waals surface area contributed by atoms with E-state index >= 15 is 0 Å². The number of nitrogens with two attached hydrogens (primary N) is 1. The van der Waals surface area contributed by atoms with Gasteiger partial charge >= 0.3 is 5.69 Å². The van der Waals surface area contributed by atoms with Crippen LogP contribution in [0.1, 0.15) is 31.8 Å². The number of nitro benzene ring substituents is 1. The highest BCUT2D eigenvalue weighted by Gasteiger charge is 2.28. The number of nitro groups is 1. The Morgan fingerprint density at radius 3 is 1.16 bits per heavy atom. The highest BCUT2D eigenvalue weighted by molar-refractivity contribution is 9.10. The molecular weight excluding hydrogens is 1290 g/mol. The molecule has 0 radical (unpaired) electrons. The number of piperazine rings is 5. The monoisotopic (exact) mass is 1380 g/mol. The summed E-state index contributed by atoms with van der Waals surface area (Å²) >= 11 is 3.20. The summed E-state index contributed by atoms with van der Waals surface area (Å²) in [5.41, 5.74) is 13.2. The smallest absolute Gasteiger partial charge is 0.311 e. The van der Waals surface area contributed by atoms with Gasteiger partial charge in [0.15, 0.2) is 5.75 Å². The third-order valence-corrected chi connectivity index (χ3v) is 17.3. The van der Waals surface area contributed by atoms with Crippen molar-refractivity contribution in [3.63, 3.8) is 0 Å². The van der Waals surface area contributed by atoms with Crippen molar-refractivity contribution >= 4 is 61.9 Å². The lowest BCUT2D eigenvalue weighted by Gasteiger charge is -2.36. The first-order chi connectivity index (χ1) is 47.5. The Labute approximate surface area is 576 Å². The van der Waals surface area contributed by atoms with Crippen LogP contribution in [0.15, 0.2) is 224 Å². The molecule has 5 aliphatic rings. The van der Waals surface area contributed by atoms with Crippen LogP contribution in [-0.2, 0) is 13.1 Å². The van der Waals surface area contributed by atoms with Crippen LogP contribution in [0, 0.1) is 10.1 Å². The first-order valence-electron chi connectivity index (χ1n) is 32.7. The Morgan fingerprint density at radius 1 is 0.423 bits per heavy atom. The molecule has 97 heavy (non-hydrogen) atoms. The van der Waals surface area contributed by atoms with Gasteiger partial charge in [-0.25, -0.2) is 4.98 Å². The zero-order valence-corrected chi connectivity index (χ0v) is 56.2. The quantitative estimate of drug-likeness (QED) is 0.0266. The second kappa shape index (κ2) is 38.4. The number of rotatable bonds is 11. The SMILES string of the molecule is Brc1ccccn1.Nc1cccc(C(=O)N2CCN(c3ccncc3)CC2)c1O.O=C(c1cccc([N+](=O)[O-])c1O)N1CCN(c2ccncc2)CC1.c1cc(N2CCNCC2)ccn1.c1ccc(CN2CCN(c3ccncc3)CC2)cc1.c1ccc(CN2CCNCC2)cc1. The van der Waals surface area contributed by atoms with E-state index in [1.165, 1.54) is 53.8 Å². The molecule has 6 N–H and O–H groups in total. The van der Waals surface area contributed by atoms with Gasteiger partial charge < -0.3 is 56.0 Å². The van der Waals surface area contributed by atoms with Crippen molar-refractivity contribution in [1.29, 1.82) is 0 Å². The Balaban J connectivity index is 0.000000141. The Hall–Kier alpha value is -10.1. The van der Waals surface area contributed by atoms with E-state index in [0.717, 1.165) is 108 Å². The van der Waals surface area contributed by atoms with Crippen LogP contribution in [-0.4, -0.2) is 202 Å². The van der Waals surface area contributed by atoms with Gasteiger partial charge in [-0.3, -0.25) is 49.4 Å². The molecule has 5 fully saturated rings. The maximum absolute atomic E-state index is 12.6. The highest BCUT2D eigenvalue weighted by atomic mass is 79.9. The number of aromatic hydroxyl groups is 2. The maximum Gasteiger partial charge on any atom is 0.311 e. The zero-order valence-electron chi connectivity index (χ0n) is 54.6. The molecule has 506 valence electrons. The van der Waals surface area contributed by atoms with Gasteiger partial charge in [-0.1, -0.05) is 78.9 Å². The first kappa shape index (κ1) is 71.2. The van der Waals surface area contributed by atoms with Crippen LogP contribution in [0.2, 0.25) is 0 Å². The third kappa shape index (κ3) is 22.5. The number of phenols is 2. The number of aromatic nitrogens is 5. The van der Waals surface area contributed by atoms with Gasteiger partial charge in [-0.15, -0.1) is 0 Å². The average molecular weight is 1380 g/mol. The number of carbonyl (C=O) groups is 2. The number of nitrogens with one attached hydrogen (secondary N) is 2. The fourth-order valence-corrected chi connectivity index (χ4v) is 11.7. The second-order valence-electron chi connectivity index (χ2n) is 23.2. The average Bonchev–Trinajstić information content (AvgIpc) is 0.882. The number of hydrogen-bond donors (Lipinski definition) is 5. The molecule has 24 heteroatoms. The van der Waals surface area contributed by atoms with Crippen LogP contribution in [0.5, 0.6) is 11.5 Å². The molecule has 9 aromatic rings. The zero-order chi connectivity index (χ0) is 67.8. The number of halogens is 1. The summed E-state index contributed by atoms with van der Waals surface area (Å²) in [4.78, 5) is 72.7. The molecule has 0 saturated carbocycles. The topological polar surface area (TPSA) is 258 Å². The van der Waals surface area contributed by atoms with Gasteiger partial charge in [0.05, 0.1) is 21.7 Å². The summed E-state index contributed by atoms with van der Waals surface area (Å²) in [7, 11) is 0. The number of nitrogens with zero attached hydrogens (tertiary/aromatic N) is 14. The summed E-state index contributed by atoms with van der Waals surface area (Å²) in [5.74, 6) is -1.29. The first-order valence-corrected chi connectivity index (χ1v) is 33.5. The molecule has 14 rings (SSSR count). The lowest BCUT2D eigenvalue weighted by molar-refractivity contribution is -0.385. The van der Waals surface area contributed by atoms with E-state index in [4.69, 9.17) is 5.73 Å². The van der Waals surface area contributed by atoms with Gasteiger partial charge in [0.1, 0.15) is 4.60 Å². The molecule has 0 atom stereocenters. The molecule has 0 bridgehead atoms. The van der Waals surface area contributed by atoms with Crippen molar-refractivity contribution in [2.24, 2.45) is 0 Å². The fraction of sp³-hybridized carbons (Fsp3) is 0.301. The van der Waals surface area contributed by atoms with Crippen molar-refractivity contribution in [3.8, 4) is 11.5 Å². The number of carbonyl (C=O) groups excluding carboxylic acids is 2. The van der Waals surface area contributed by atoms with Crippen LogP contribution < -0.4 is 36.0 Å².